The lowest BCUT2D eigenvalue weighted by atomic mass is 9.97. The Kier molecular flexibility index (Phi) is 6.50. The lowest BCUT2D eigenvalue weighted by molar-refractivity contribution is -0.149. The number of esters is 1. The average molecular weight is 351 g/mol. The fourth-order valence-corrected chi connectivity index (χ4v) is 3.00. The average Bonchev–Trinajstić information content (AvgIpc) is 2.66. The van der Waals surface area contributed by atoms with Crippen molar-refractivity contribution in [2.45, 2.75) is 19.8 Å². The van der Waals surface area contributed by atoms with E-state index in [2.05, 4.69) is 0 Å². The van der Waals surface area contributed by atoms with Crippen LogP contribution in [0.2, 0.25) is 0 Å². The highest BCUT2D eigenvalue weighted by Crippen LogP contribution is 2.38. The van der Waals surface area contributed by atoms with E-state index in [0.29, 0.717) is 42.5 Å². The molecule has 7 nitrogen and oxygen atoms in total. The second-order valence-corrected chi connectivity index (χ2v) is 5.76. The summed E-state index contributed by atoms with van der Waals surface area (Å²) in [6.45, 7) is 3.08. The minimum absolute atomic E-state index is 0.173. The molecule has 1 unspecified atom stereocenters. The Labute approximate surface area is 147 Å². The van der Waals surface area contributed by atoms with E-state index in [1.807, 2.05) is 0 Å². The van der Waals surface area contributed by atoms with Crippen LogP contribution in [0.1, 0.15) is 30.1 Å². The van der Waals surface area contributed by atoms with Gasteiger partial charge in [0.15, 0.2) is 11.5 Å². The maximum Gasteiger partial charge on any atom is 0.310 e. The van der Waals surface area contributed by atoms with Gasteiger partial charge in [0.25, 0.3) is 5.91 Å². The van der Waals surface area contributed by atoms with Crippen molar-refractivity contribution >= 4 is 11.9 Å². The van der Waals surface area contributed by atoms with Crippen molar-refractivity contribution in [1.82, 2.24) is 4.90 Å². The van der Waals surface area contributed by atoms with E-state index in [-0.39, 0.29) is 17.8 Å². The SMILES string of the molecule is CCOC(=O)C1CCCN(C(=O)c2cc(OC)c(OC)c(OC)c2)C1. The molecule has 138 valence electrons. The van der Waals surface area contributed by atoms with Crippen molar-refractivity contribution in [3.05, 3.63) is 17.7 Å². The number of carbonyl (C=O) groups excluding carboxylic acids is 2. The Bertz CT molecular complexity index is 605. The topological polar surface area (TPSA) is 74.3 Å². The molecule has 25 heavy (non-hydrogen) atoms. The number of hydrogen-bond donors (Lipinski definition) is 0. The summed E-state index contributed by atoms with van der Waals surface area (Å²) < 4.78 is 21.0. The molecule has 1 aromatic rings. The summed E-state index contributed by atoms with van der Waals surface area (Å²) in [6, 6.07) is 3.25. The van der Waals surface area contributed by atoms with Crippen molar-refractivity contribution in [3.63, 3.8) is 0 Å². The first-order chi connectivity index (χ1) is 12.0. The number of methoxy groups -OCH3 is 3. The number of nitrogens with zero attached hydrogens (tertiary/aromatic N) is 1. The summed E-state index contributed by atoms with van der Waals surface area (Å²) in [5.41, 5.74) is 0.430. The molecule has 1 amide bonds. The van der Waals surface area contributed by atoms with E-state index in [9.17, 15) is 9.59 Å². The Hall–Kier alpha value is -2.44. The van der Waals surface area contributed by atoms with Gasteiger partial charge in [0.2, 0.25) is 5.75 Å². The zero-order valence-electron chi connectivity index (χ0n) is 15.2. The maximum atomic E-state index is 12.9. The molecule has 1 aromatic carbocycles. The third-order valence-electron chi connectivity index (χ3n) is 4.24. The molecule has 1 atom stereocenters. The van der Waals surface area contributed by atoms with Crippen LogP contribution in [-0.2, 0) is 9.53 Å². The molecule has 0 aliphatic carbocycles. The first-order valence-corrected chi connectivity index (χ1v) is 8.31. The molecule has 0 aromatic heterocycles. The van der Waals surface area contributed by atoms with E-state index in [0.717, 1.165) is 12.8 Å². The van der Waals surface area contributed by atoms with Crippen molar-refractivity contribution in [2.24, 2.45) is 5.92 Å². The number of likely N-dealkylation sites (tertiary alicyclic amines) is 1. The van der Waals surface area contributed by atoms with Gasteiger partial charge in [-0.2, -0.15) is 0 Å². The zero-order valence-corrected chi connectivity index (χ0v) is 15.2. The molecule has 1 saturated heterocycles. The Morgan fingerprint density at radius 1 is 1.12 bits per heavy atom. The number of rotatable bonds is 6. The van der Waals surface area contributed by atoms with Crippen LogP contribution in [0.15, 0.2) is 12.1 Å². The highest BCUT2D eigenvalue weighted by atomic mass is 16.5. The van der Waals surface area contributed by atoms with Crippen molar-refractivity contribution in [1.29, 1.82) is 0 Å². The molecule has 1 aliphatic heterocycles. The van der Waals surface area contributed by atoms with Gasteiger partial charge in [-0.3, -0.25) is 9.59 Å². The van der Waals surface area contributed by atoms with Gasteiger partial charge in [-0.1, -0.05) is 0 Å². The first-order valence-electron chi connectivity index (χ1n) is 8.31. The Morgan fingerprint density at radius 2 is 1.76 bits per heavy atom. The van der Waals surface area contributed by atoms with Crippen LogP contribution in [0.3, 0.4) is 0 Å². The zero-order chi connectivity index (χ0) is 18.4. The highest BCUT2D eigenvalue weighted by Gasteiger charge is 2.30. The lowest BCUT2D eigenvalue weighted by Gasteiger charge is -2.31. The van der Waals surface area contributed by atoms with Gasteiger partial charge in [0, 0.05) is 18.7 Å². The van der Waals surface area contributed by atoms with Crippen LogP contribution >= 0.6 is 0 Å². The smallest absolute Gasteiger partial charge is 0.310 e. The normalized spacial score (nSPS) is 17.0. The number of benzene rings is 1. The van der Waals surface area contributed by atoms with Crippen LogP contribution in [0.5, 0.6) is 17.2 Å². The Morgan fingerprint density at radius 3 is 2.28 bits per heavy atom. The van der Waals surface area contributed by atoms with Gasteiger partial charge in [0.1, 0.15) is 0 Å². The molecular formula is C18H25NO6. The number of ether oxygens (including phenoxy) is 4. The largest absolute Gasteiger partial charge is 0.493 e. The summed E-state index contributed by atoms with van der Waals surface area (Å²) >= 11 is 0. The molecular weight excluding hydrogens is 326 g/mol. The second kappa shape index (κ2) is 8.60. The van der Waals surface area contributed by atoms with E-state index < -0.39 is 0 Å². The third-order valence-corrected chi connectivity index (χ3v) is 4.24. The minimum Gasteiger partial charge on any atom is -0.493 e. The van der Waals surface area contributed by atoms with Crippen LogP contribution in [0, 0.1) is 5.92 Å². The van der Waals surface area contributed by atoms with Crippen LogP contribution < -0.4 is 14.2 Å². The summed E-state index contributed by atoms with van der Waals surface area (Å²) in [4.78, 5) is 26.5. The predicted molar refractivity (Wildman–Crippen MR) is 91.4 cm³/mol. The summed E-state index contributed by atoms with van der Waals surface area (Å²) in [5.74, 6) is 0.579. The second-order valence-electron chi connectivity index (χ2n) is 5.76. The van der Waals surface area contributed by atoms with Crippen molar-refractivity contribution in [2.75, 3.05) is 41.0 Å². The van der Waals surface area contributed by atoms with Crippen molar-refractivity contribution < 1.29 is 28.5 Å². The molecule has 1 fully saturated rings. The fourth-order valence-electron chi connectivity index (χ4n) is 3.00. The monoisotopic (exact) mass is 351 g/mol. The Balaban J connectivity index is 2.23. The molecule has 1 heterocycles. The first kappa shape index (κ1) is 18.9. The van der Waals surface area contributed by atoms with Gasteiger partial charge < -0.3 is 23.8 Å². The standard InChI is InChI=1S/C18H25NO6/c1-5-25-18(21)12-7-6-8-19(11-12)17(20)13-9-14(22-2)16(24-4)15(10-13)23-3/h9-10,12H,5-8,11H2,1-4H3. The summed E-state index contributed by atoms with van der Waals surface area (Å²) in [5, 5.41) is 0. The van der Waals surface area contributed by atoms with Gasteiger partial charge in [-0.05, 0) is 31.9 Å². The highest BCUT2D eigenvalue weighted by molar-refractivity contribution is 5.96. The number of amides is 1. The van der Waals surface area contributed by atoms with Crippen LogP contribution in [0.4, 0.5) is 0 Å². The molecule has 1 aliphatic rings. The fraction of sp³-hybridized carbons (Fsp3) is 0.556. The van der Waals surface area contributed by atoms with E-state index in [4.69, 9.17) is 18.9 Å². The molecule has 0 bridgehead atoms. The number of piperidine rings is 1. The van der Waals surface area contributed by atoms with Gasteiger partial charge in [-0.15, -0.1) is 0 Å². The van der Waals surface area contributed by atoms with E-state index in [1.54, 1.807) is 24.0 Å². The van der Waals surface area contributed by atoms with Gasteiger partial charge in [-0.25, -0.2) is 0 Å². The number of carbonyl (C=O) groups is 2. The predicted octanol–water partition coefficient (Wildman–Crippen LogP) is 2.13. The summed E-state index contributed by atoms with van der Waals surface area (Å²) in [6.07, 6.45) is 1.50. The number of hydrogen-bond acceptors (Lipinski definition) is 6. The van der Waals surface area contributed by atoms with Crippen molar-refractivity contribution in [3.8, 4) is 17.2 Å². The molecule has 0 N–H and O–H groups in total. The molecule has 7 heteroatoms. The van der Waals surface area contributed by atoms with Gasteiger partial charge >= 0.3 is 5.97 Å². The summed E-state index contributed by atoms with van der Waals surface area (Å²) in [7, 11) is 4.52. The quantitative estimate of drug-likeness (QED) is 0.731. The molecule has 0 radical (unpaired) electrons. The minimum atomic E-state index is -0.278. The van der Waals surface area contributed by atoms with E-state index in [1.165, 1.54) is 21.3 Å². The third kappa shape index (κ3) is 4.15. The van der Waals surface area contributed by atoms with Gasteiger partial charge in [0.05, 0.1) is 33.9 Å². The van der Waals surface area contributed by atoms with Crippen LogP contribution in [0.25, 0.3) is 0 Å². The van der Waals surface area contributed by atoms with E-state index >= 15 is 0 Å². The lowest BCUT2D eigenvalue weighted by Crippen LogP contribution is -2.42. The molecule has 0 spiro atoms. The maximum absolute atomic E-state index is 12.9. The van der Waals surface area contributed by atoms with Crippen LogP contribution in [-0.4, -0.2) is 57.8 Å². The molecule has 2 rings (SSSR count). The molecule has 0 saturated carbocycles.